The molecule has 7 heteroatoms. The van der Waals surface area contributed by atoms with E-state index < -0.39 is 0 Å². The Kier molecular flexibility index (Phi) is 4.69. The summed E-state index contributed by atoms with van der Waals surface area (Å²) in [5.74, 6) is -0.0839. The average Bonchev–Trinajstić information content (AvgIpc) is 3.15. The van der Waals surface area contributed by atoms with Crippen LogP contribution >= 0.6 is 0 Å². The van der Waals surface area contributed by atoms with E-state index >= 15 is 0 Å². The minimum atomic E-state index is -0.214. The summed E-state index contributed by atoms with van der Waals surface area (Å²) in [7, 11) is 1.59. The number of aromatic nitrogens is 3. The summed E-state index contributed by atoms with van der Waals surface area (Å²) in [5.41, 5.74) is 3.53. The van der Waals surface area contributed by atoms with Crippen molar-refractivity contribution in [2.45, 2.75) is 45.6 Å². The quantitative estimate of drug-likeness (QED) is 0.886. The van der Waals surface area contributed by atoms with Crippen LogP contribution < -0.4 is 5.32 Å². The summed E-state index contributed by atoms with van der Waals surface area (Å²) in [6.45, 7) is 5.57. The van der Waals surface area contributed by atoms with Gasteiger partial charge in [-0.25, -0.2) is 4.68 Å². The van der Waals surface area contributed by atoms with Crippen molar-refractivity contribution < 1.29 is 9.59 Å². The molecule has 1 saturated heterocycles. The van der Waals surface area contributed by atoms with E-state index in [0.717, 1.165) is 49.9 Å². The molecule has 2 aromatic rings. The van der Waals surface area contributed by atoms with Crippen LogP contribution in [0.3, 0.4) is 0 Å². The Balaban J connectivity index is 1.44. The maximum atomic E-state index is 13.0. The van der Waals surface area contributed by atoms with Gasteiger partial charge in [0.2, 0.25) is 0 Å². The van der Waals surface area contributed by atoms with Crippen LogP contribution in [0.25, 0.3) is 0 Å². The Morgan fingerprint density at radius 2 is 1.93 bits per heavy atom. The maximum Gasteiger partial charge on any atom is 0.273 e. The Hall–Kier alpha value is -2.70. The fourth-order valence-electron chi connectivity index (χ4n) is 4.72. The Labute approximate surface area is 165 Å². The monoisotopic (exact) mass is 381 g/mol. The molecule has 1 aromatic carbocycles. The van der Waals surface area contributed by atoms with Gasteiger partial charge in [-0.1, -0.05) is 22.9 Å². The van der Waals surface area contributed by atoms with Crippen LogP contribution in [0.15, 0.2) is 24.4 Å². The zero-order valence-corrected chi connectivity index (χ0v) is 16.7. The average molecular weight is 381 g/mol. The lowest BCUT2D eigenvalue weighted by atomic mass is 9.59. The molecule has 148 valence electrons. The fourth-order valence-corrected chi connectivity index (χ4v) is 4.72. The van der Waals surface area contributed by atoms with Gasteiger partial charge in [0.1, 0.15) is 0 Å². The van der Waals surface area contributed by atoms with E-state index in [1.54, 1.807) is 13.2 Å². The van der Waals surface area contributed by atoms with E-state index in [1.165, 1.54) is 5.56 Å². The molecule has 2 amide bonds. The molecule has 28 heavy (non-hydrogen) atoms. The molecular weight excluding hydrogens is 354 g/mol. The Morgan fingerprint density at radius 1 is 1.18 bits per heavy atom. The summed E-state index contributed by atoms with van der Waals surface area (Å²) in [4.78, 5) is 26.7. The number of hydrogen-bond acceptors (Lipinski definition) is 4. The third kappa shape index (κ3) is 3.08. The number of benzene rings is 1. The van der Waals surface area contributed by atoms with Gasteiger partial charge in [0.25, 0.3) is 11.8 Å². The molecule has 4 rings (SSSR count). The number of aryl methyl sites for hydroxylation is 2. The molecule has 7 nitrogen and oxygen atoms in total. The molecule has 2 aliphatic rings. The van der Waals surface area contributed by atoms with Crippen LogP contribution in [0.2, 0.25) is 0 Å². The number of nitrogens with zero attached hydrogens (tertiary/aromatic N) is 4. The van der Waals surface area contributed by atoms with Crippen LogP contribution in [0.5, 0.6) is 0 Å². The molecule has 1 aromatic heterocycles. The largest absolute Gasteiger partial charge is 0.354 e. The van der Waals surface area contributed by atoms with Crippen molar-refractivity contribution in [3.8, 4) is 0 Å². The maximum absolute atomic E-state index is 13.0. The zero-order chi connectivity index (χ0) is 19.9. The van der Waals surface area contributed by atoms with Crippen molar-refractivity contribution in [1.82, 2.24) is 25.2 Å². The standard InChI is InChI=1S/C21H27N5O2/c1-14-4-5-16(15(2)12-14)20(28)25-10-8-21(9-11-25)7-6-18(21)26-13-17(23-24-26)19(27)22-3/h4-5,12-13,18H,6-11H2,1-3H3,(H,22,27). The predicted octanol–water partition coefficient (Wildman–Crippen LogP) is 2.51. The second-order valence-corrected chi connectivity index (χ2v) is 8.19. The number of nitrogens with one attached hydrogen (secondary N) is 1. The van der Waals surface area contributed by atoms with Gasteiger partial charge >= 0.3 is 0 Å². The molecule has 1 aliphatic carbocycles. The molecule has 1 aliphatic heterocycles. The highest BCUT2D eigenvalue weighted by Gasteiger charge is 2.50. The second kappa shape index (κ2) is 7.04. The van der Waals surface area contributed by atoms with Crippen molar-refractivity contribution in [3.05, 3.63) is 46.8 Å². The first kappa shape index (κ1) is 18.7. The lowest BCUT2D eigenvalue weighted by molar-refractivity contribution is -0.0268. The molecule has 2 heterocycles. The highest BCUT2D eigenvalue weighted by atomic mass is 16.2. The first-order chi connectivity index (χ1) is 13.4. The molecule has 0 radical (unpaired) electrons. The summed E-state index contributed by atoms with van der Waals surface area (Å²) in [6.07, 6.45) is 5.85. The molecule has 2 fully saturated rings. The smallest absolute Gasteiger partial charge is 0.273 e. The molecule has 1 N–H and O–H groups in total. The molecule has 1 spiro atoms. The van der Waals surface area contributed by atoms with E-state index in [-0.39, 0.29) is 23.3 Å². The highest BCUT2D eigenvalue weighted by molar-refractivity contribution is 5.95. The highest BCUT2D eigenvalue weighted by Crippen LogP contribution is 2.56. The number of carbonyl (C=O) groups excluding carboxylic acids is 2. The molecule has 0 bridgehead atoms. The SMILES string of the molecule is CNC(=O)c1cn(C2CCC23CCN(C(=O)c2ccc(C)cc2C)CC3)nn1. The lowest BCUT2D eigenvalue weighted by Crippen LogP contribution is -2.51. The van der Waals surface area contributed by atoms with Crippen molar-refractivity contribution >= 4 is 11.8 Å². The van der Waals surface area contributed by atoms with Gasteiger partial charge in [0.15, 0.2) is 5.69 Å². The van der Waals surface area contributed by atoms with E-state index in [0.29, 0.717) is 5.69 Å². The minimum Gasteiger partial charge on any atom is -0.354 e. The van der Waals surface area contributed by atoms with Gasteiger partial charge < -0.3 is 10.2 Å². The van der Waals surface area contributed by atoms with E-state index in [2.05, 4.69) is 21.7 Å². The first-order valence-electron chi connectivity index (χ1n) is 9.94. The van der Waals surface area contributed by atoms with Gasteiger partial charge in [0.05, 0.1) is 12.2 Å². The summed E-state index contributed by atoms with van der Waals surface area (Å²) < 4.78 is 1.86. The molecule has 1 unspecified atom stereocenters. The van der Waals surface area contributed by atoms with Gasteiger partial charge in [-0.05, 0) is 56.6 Å². The summed E-state index contributed by atoms with van der Waals surface area (Å²) >= 11 is 0. The van der Waals surface area contributed by atoms with E-state index in [4.69, 9.17) is 0 Å². The van der Waals surface area contributed by atoms with Crippen LogP contribution in [0, 0.1) is 19.3 Å². The minimum absolute atomic E-state index is 0.130. The van der Waals surface area contributed by atoms with Crippen molar-refractivity contribution in [2.75, 3.05) is 20.1 Å². The molecular formula is C21H27N5O2. The summed E-state index contributed by atoms with van der Waals surface area (Å²) in [6, 6.07) is 6.27. The normalized spacial score (nSPS) is 20.7. The van der Waals surface area contributed by atoms with Gasteiger partial charge in [-0.15, -0.1) is 5.10 Å². The number of rotatable bonds is 3. The number of amides is 2. The number of carbonyl (C=O) groups is 2. The van der Waals surface area contributed by atoms with Gasteiger partial charge in [-0.3, -0.25) is 9.59 Å². The topological polar surface area (TPSA) is 80.1 Å². The number of piperidine rings is 1. The molecule has 1 saturated carbocycles. The summed E-state index contributed by atoms with van der Waals surface area (Å²) in [5, 5.41) is 10.8. The lowest BCUT2D eigenvalue weighted by Gasteiger charge is -2.53. The zero-order valence-electron chi connectivity index (χ0n) is 16.7. The van der Waals surface area contributed by atoms with Crippen molar-refractivity contribution in [2.24, 2.45) is 5.41 Å². The third-order valence-corrected chi connectivity index (χ3v) is 6.57. The Bertz CT molecular complexity index is 911. The van der Waals surface area contributed by atoms with Crippen molar-refractivity contribution in [1.29, 1.82) is 0 Å². The van der Waals surface area contributed by atoms with E-state index in [1.807, 2.05) is 35.6 Å². The Morgan fingerprint density at radius 3 is 2.54 bits per heavy atom. The second-order valence-electron chi connectivity index (χ2n) is 8.19. The molecule has 1 atom stereocenters. The first-order valence-corrected chi connectivity index (χ1v) is 9.94. The van der Waals surface area contributed by atoms with Crippen LogP contribution in [0.4, 0.5) is 0 Å². The predicted molar refractivity (Wildman–Crippen MR) is 105 cm³/mol. The van der Waals surface area contributed by atoms with Gasteiger partial charge in [-0.2, -0.15) is 0 Å². The van der Waals surface area contributed by atoms with Gasteiger partial charge in [0, 0.05) is 25.7 Å². The van der Waals surface area contributed by atoms with Crippen LogP contribution in [-0.2, 0) is 0 Å². The van der Waals surface area contributed by atoms with Crippen molar-refractivity contribution in [3.63, 3.8) is 0 Å². The number of hydrogen-bond donors (Lipinski definition) is 1. The van der Waals surface area contributed by atoms with Crippen LogP contribution in [0.1, 0.15) is 63.7 Å². The number of likely N-dealkylation sites (tertiary alicyclic amines) is 1. The fraction of sp³-hybridized carbons (Fsp3) is 0.524. The third-order valence-electron chi connectivity index (χ3n) is 6.57. The van der Waals surface area contributed by atoms with Crippen LogP contribution in [-0.4, -0.2) is 51.8 Å². The van der Waals surface area contributed by atoms with E-state index in [9.17, 15) is 9.59 Å².